The topological polar surface area (TPSA) is 105 Å². The van der Waals surface area contributed by atoms with Gasteiger partial charge in [0.1, 0.15) is 5.01 Å². The highest BCUT2D eigenvalue weighted by atomic mass is 32.2. The standard InChI is InChI=1S/C18H25N5O4S2/c1-12(2)17-20-21-18(28-17)19-16(24)14-11-13(29(25,26)22(3)4)5-6-15(14)23-7-9-27-10-8-23/h5-6,11-12H,7-10H2,1-4H3,(H,19,21,24). The molecule has 3 rings (SSSR count). The summed E-state index contributed by atoms with van der Waals surface area (Å²) in [4.78, 5) is 15.1. The molecule has 1 amide bonds. The van der Waals surface area contributed by atoms with Gasteiger partial charge in [0.15, 0.2) is 0 Å². The molecular weight excluding hydrogens is 414 g/mol. The van der Waals surface area contributed by atoms with Crippen molar-refractivity contribution in [2.45, 2.75) is 24.7 Å². The Bertz CT molecular complexity index is 982. The van der Waals surface area contributed by atoms with Gasteiger partial charge in [-0.1, -0.05) is 25.2 Å². The lowest BCUT2D eigenvalue weighted by Gasteiger charge is -2.30. The summed E-state index contributed by atoms with van der Waals surface area (Å²) < 4.78 is 31.7. The molecule has 1 aliphatic heterocycles. The first kappa shape index (κ1) is 21.6. The summed E-state index contributed by atoms with van der Waals surface area (Å²) in [5.74, 6) is -0.218. The second-order valence-electron chi connectivity index (χ2n) is 7.12. The third-order valence-corrected chi connectivity index (χ3v) is 7.45. The number of hydrogen-bond acceptors (Lipinski definition) is 8. The molecule has 0 bridgehead atoms. The lowest BCUT2D eigenvalue weighted by Crippen LogP contribution is -2.37. The van der Waals surface area contributed by atoms with Crippen LogP contribution in [0.5, 0.6) is 0 Å². The molecule has 0 saturated carbocycles. The fourth-order valence-corrected chi connectivity index (χ4v) is 4.50. The van der Waals surface area contributed by atoms with E-state index in [2.05, 4.69) is 15.5 Å². The van der Waals surface area contributed by atoms with Crippen molar-refractivity contribution in [2.24, 2.45) is 0 Å². The molecule has 0 aliphatic carbocycles. The van der Waals surface area contributed by atoms with E-state index in [4.69, 9.17) is 4.74 Å². The van der Waals surface area contributed by atoms with Gasteiger partial charge >= 0.3 is 0 Å². The number of benzene rings is 1. The zero-order valence-corrected chi connectivity index (χ0v) is 18.5. The Morgan fingerprint density at radius 2 is 1.93 bits per heavy atom. The van der Waals surface area contributed by atoms with Crippen LogP contribution in [0.25, 0.3) is 0 Å². The fourth-order valence-electron chi connectivity index (χ4n) is 2.83. The highest BCUT2D eigenvalue weighted by Gasteiger charge is 2.25. The molecule has 0 spiro atoms. The van der Waals surface area contributed by atoms with Crippen molar-refractivity contribution in [2.75, 3.05) is 50.6 Å². The van der Waals surface area contributed by atoms with Gasteiger partial charge < -0.3 is 9.64 Å². The molecule has 2 aromatic rings. The minimum Gasteiger partial charge on any atom is -0.378 e. The van der Waals surface area contributed by atoms with E-state index in [1.165, 1.54) is 37.6 Å². The first-order chi connectivity index (χ1) is 13.7. The van der Waals surface area contributed by atoms with Crippen molar-refractivity contribution >= 4 is 38.1 Å². The Labute approximate surface area is 174 Å². The van der Waals surface area contributed by atoms with E-state index >= 15 is 0 Å². The number of nitrogens with zero attached hydrogens (tertiary/aromatic N) is 4. The van der Waals surface area contributed by atoms with Gasteiger partial charge in [0.2, 0.25) is 15.2 Å². The summed E-state index contributed by atoms with van der Waals surface area (Å²) in [5.41, 5.74) is 0.938. The van der Waals surface area contributed by atoms with Crippen LogP contribution in [0.3, 0.4) is 0 Å². The first-order valence-electron chi connectivity index (χ1n) is 9.24. The Kier molecular flexibility index (Phi) is 6.52. The molecule has 1 aliphatic rings. The molecule has 2 heterocycles. The number of aromatic nitrogens is 2. The maximum atomic E-state index is 13.1. The van der Waals surface area contributed by atoms with E-state index in [0.717, 1.165) is 9.31 Å². The fraction of sp³-hybridized carbons (Fsp3) is 0.500. The molecule has 29 heavy (non-hydrogen) atoms. The molecular formula is C18H25N5O4S2. The van der Waals surface area contributed by atoms with Crippen molar-refractivity contribution in [3.05, 3.63) is 28.8 Å². The van der Waals surface area contributed by atoms with E-state index in [9.17, 15) is 13.2 Å². The van der Waals surface area contributed by atoms with Gasteiger partial charge in [-0.3, -0.25) is 10.1 Å². The van der Waals surface area contributed by atoms with Crippen LogP contribution >= 0.6 is 11.3 Å². The normalized spacial score (nSPS) is 15.2. The predicted molar refractivity (Wildman–Crippen MR) is 112 cm³/mol. The number of carbonyl (C=O) groups is 1. The second kappa shape index (κ2) is 8.74. The molecule has 0 radical (unpaired) electrons. The molecule has 1 N–H and O–H groups in total. The SMILES string of the molecule is CC(C)c1nnc(NC(=O)c2cc(S(=O)(=O)N(C)C)ccc2N2CCOCC2)s1. The highest BCUT2D eigenvalue weighted by molar-refractivity contribution is 7.89. The van der Waals surface area contributed by atoms with Crippen molar-refractivity contribution in [3.8, 4) is 0 Å². The maximum Gasteiger partial charge on any atom is 0.259 e. The highest BCUT2D eigenvalue weighted by Crippen LogP contribution is 2.28. The van der Waals surface area contributed by atoms with Crippen LogP contribution in [0.15, 0.2) is 23.1 Å². The van der Waals surface area contributed by atoms with Crippen LogP contribution in [0.2, 0.25) is 0 Å². The number of hydrogen-bond donors (Lipinski definition) is 1. The van der Waals surface area contributed by atoms with Gasteiger partial charge in [0.05, 0.1) is 23.7 Å². The van der Waals surface area contributed by atoms with E-state index in [1.807, 2.05) is 18.7 Å². The summed E-state index contributed by atoms with van der Waals surface area (Å²) in [6.45, 7) is 6.34. The van der Waals surface area contributed by atoms with E-state index in [1.54, 1.807) is 6.07 Å². The number of ether oxygens (including phenoxy) is 1. The summed E-state index contributed by atoms with van der Waals surface area (Å²) in [6.07, 6.45) is 0. The minimum atomic E-state index is -3.68. The Balaban J connectivity index is 1.98. The van der Waals surface area contributed by atoms with Gasteiger partial charge in [-0.2, -0.15) is 0 Å². The van der Waals surface area contributed by atoms with Crippen LogP contribution in [0.1, 0.15) is 35.1 Å². The van der Waals surface area contributed by atoms with Crippen LogP contribution in [-0.2, 0) is 14.8 Å². The van der Waals surface area contributed by atoms with Gasteiger partial charge in [0.25, 0.3) is 5.91 Å². The molecule has 1 aromatic carbocycles. The van der Waals surface area contributed by atoms with Crippen molar-refractivity contribution in [1.29, 1.82) is 0 Å². The molecule has 0 unspecified atom stereocenters. The monoisotopic (exact) mass is 439 g/mol. The van der Waals surface area contributed by atoms with E-state index in [0.29, 0.717) is 37.1 Å². The molecule has 9 nitrogen and oxygen atoms in total. The third-order valence-electron chi connectivity index (χ3n) is 4.50. The maximum absolute atomic E-state index is 13.1. The predicted octanol–water partition coefficient (Wildman–Crippen LogP) is 2.00. The molecule has 158 valence electrons. The summed E-state index contributed by atoms with van der Waals surface area (Å²) in [7, 11) is -0.760. The Morgan fingerprint density at radius 1 is 1.24 bits per heavy atom. The van der Waals surface area contributed by atoms with Crippen LogP contribution in [0.4, 0.5) is 10.8 Å². The lowest BCUT2D eigenvalue weighted by molar-refractivity contribution is 0.102. The summed E-state index contributed by atoms with van der Waals surface area (Å²) in [6, 6.07) is 4.62. The number of morpholine rings is 1. The summed E-state index contributed by atoms with van der Waals surface area (Å²) in [5, 5.41) is 12.1. The number of sulfonamides is 1. The quantitative estimate of drug-likeness (QED) is 0.734. The number of nitrogens with one attached hydrogen (secondary N) is 1. The summed E-state index contributed by atoms with van der Waals surface area (Å²) >= 11 is 1.31. The Hall–Kier alpha value is -2.08. The van der Waals surface area contributed by atoms with Crippen molar-refractivity contribution in [1.82, 2.24) is 14.5 Å². The molecule has 1 fully saturated rings. The second-order valence-corrected chi connectivity index (χ2v) is 10.3. The molecule has 0 atom stereocenters. The van der Waals surface area contributed by atoms with Crippen molar-refractivity contribution < 1.29 is 17.9 Å². The largest absolute Gasteiger partial charge is 0.378 e. The average molecular weight is 440 g/mol. The van der Waals surface area contributed by atoms with Gasteiger partial charge in [-0.25, -0.2) is 12.7 Å². The third kappa shape index (κ3) is 4.74. The average Bonchev–Trinajstić information content (AvgIpc) is 3.17. The zero-order valence-electron chi connectivity index (χ0n) is 16.9. The van der Waals surface area contributed by atoms with Crippen LogP contribution < -0.4 is 10.2 Å². The number of rotatable bonds is 6. The first-order valence-corrected chi connectivity index (χ1v) is 11.5. The molecule has 1 saturated heterocycles. The van der Waals surface area contributed by atoms with Gasteiger partial charge in [-0.15, -0.1) is 10.2 Å². The number of anilines is 2. The lowest BCUT2D eigenvalue weighted by atomic mass is 10.1. The van der Waals surface area contributed by atoms with E-state index in [-0.39, 0.29) is 16.4 Å². The minimum absolute atomic E-state index is 0.0600. The molecule has 11 heteroatoms. The van der Waals surface area contributed by atoms with E-state index < -0.39 is 15.9 Å². The van der Waals surface area contributed by atoms with Crippen molar-refractivity contribution in [3.63, 3.8) is 0 Å². The number of carbonyl (C=O) groups excluding carboxylic acids is 1. The Morgan fingerprint density at radius 3 is 2.52 bits per heavy atom. The number of amides is 1. The van der Waals surface area contributed by atoms with Crippen LogP contribution in [-0.4, -0.2) is 69.2 Å². The molecule has 1 aromatic heterocycles. The zero-order chi connectivity index (χ0) is 21.2. The van der Waals surface area contributed by atoms with Gasteiger partial charge in [0, 0.05) is 38.8 Å². The van der Waals surface area contributed by atoms with Crippen LogP contribution in [0, 0.1) is 0 Å². The smallest absolute Gasteiger partial charge is 0.259 e. The van der Waals surface area contributed by atoms with Gasteiger partial charge in [-0.05, 0) is 18.2 Å².